The number of piperidine rings is 1. The molecule has 25 heavy (non-hydrogen) atoms. The zero-order valence-corrected chi connectivity index (χ0v) is 14.2. The van der Waals surface area contributed by atoms with E-state index in [4.69, 9.17) is 4.74 Å². The van der Waals surface area contributed by atoms with E-state index < -0.39 is 0 Å². The van der Waals surface area contributed by atoms with Crippen LogP contribution in [0.1, 0.15) is 28.8 Å². The molecule has 0 radical (unpaired) electrons. The van der Waals surface area contributed by atoms with Crippen LogP contribution in [0.5, 0.6) is 11.5 Å². The topological polar surface area (TPSA) is 49.8 Å². The number of aromatic hydroxyl groups is 1. The Hall–Kier alpha value is -2.56. The SMILES string of the molecule is Cc1cc(C(=O)N2CCCC(COc3ccccc3F)C2)ccc1O. The molecule has 1 saturated heterocycles. The Labute approximate surface area is 146 Å². The third-order valence-corrected chi connectivity index (χ3v) is 4.56. The molecule has 0 spiro atoms. The number of amides is 1. The van der Waals surface area contributed by atoms with Gasteiger partial charge in [0.25, 0.3) is 5.91 Å². The molecule has 2 aromatic rings. The molecule has 0 aromatic heterocycles. The Balaban J connectivity index is 1.61. The third kappa shape index (κ3) is 4.10. The van der Waals surface area contributed by atoms with E-state index in [1.54, 1.807) is 43.3 Å². The lowest BCUT2D eigenvalue weighted by Crippen LogP contribution is -2.41. The number of halogens is 1. The summed E-state index contributed by atoms with van der Waals surface area (Å²) in [5.41, 5.74) is 1.26. The summed E-state index contributed by atoms with van der Waals surface area (Å²) in [4.78, 5) is 14.5. The summed E-state index contributed by atoms with van der Waals surface area (Å²) in [5.74, 6) is 0.200. The van der Waals surface area contributed by atoms with Crippen molar-refractivity contribution < 1.29 is 19.0 Å². The van der Waals surface area contributed by atoms with Crippen molar-refractivity contribution in [2.45, 2.75) is 19.8 Å². The number of phenols is 1. The molecule has 0 bridgehead atoms. The van der Waals surface area contributed by atoms with Gasteiger partial charge in [0, 0.05) is 24.6 Å². The number of ether oxygens (including phenoxy) is 1. The largest absolute Gasteiger partial charge is 0.508 e. The van der Waals surface area contributed by atoms with Crippen molar-refractivity contribution in [2.75, 3.05) is 19.7 Å². The number of aryl methyl sites for hydroxylation is 1. The van der Waals surface area contributed by atoms with Crippen LogP contribution in [0, 0.1) is 18.7 Å². The summed E-state index contributed by atoms with van der Waals surface area (Å²) in [6.07, 6.45) is 1.85. The van der Waals surface area contributed by atoms with Gasteiger partial charge in [-0.05, 0) is 55.7 Å². The van der Waals surface area contributed by atoms with E-state index in [2.05, 4.69) is 0 Å². The molecule has 1 heterocycles. The molecule has 1 N–H and O–H groups in total. The molecule has 4 nitrogen and oxygen atoms in total. The van der Waals surface area contributed by atoms with Gasteiger partial charge < -0.3 is 14.7 Å². The highest BCUT2D eigenvalue weighted by Crippen LogP contribution is 2.23. The molecular formula is C20H22FNO3. The molecule has 1 aliphatic heterocycles. The maximum atomic E-state index is 13.6. The highest BCUT2D eigenvalue weighted by Gasteiger charge is 2.25. The van der Waals surface area contributed by atoms with Crippen LogP contribution < -0.4 is 4.74 Å². The monoisotopic (exact) mass is 343 g/mol. The van der Waals surface area contributed by atoms with E-state index in [9.17, 15) is 14.3 Å². The molecule has 2 aromatic carbocycles. The smallest absolute Gasteiger partial charge is 0.253 e. The number of para-hydroxylation sites is 1. The van der Waals surface area contributed by atoms with Crippen LogP contribution in [0.2, 0.25) is 0 Å². The van der Waals surface area contributed by atoms with Crippen LogP contribution >= 0.6 is 0 Å². The van der Waals surface area contributed by atoms with Crippen LogP contribution in [-0.4, -0.2) is 35.6 Å². The Morgan fingerprint density at radius 1 is 1.32 bits per heavy atom. The summed E-state index contributed by atoms with van der Waals surface area (Å²) >= 11 is 0. The van der Waals surface area contributed by atoms with Crippen LogP contribution in [0.4, 0.5) is 4.39 Å². The number of carbonyl (C=O) groups is 1. The van der Waals surface area contributed by atoms with E-state index in [1.165, 1.54) is 6.07 Å². The molecule has 3 rings (SSSR count). The number of likely N-dealkylation sites (tertiary alicyclic amines) is 1. The fourth-order valence-corrected chi connectivity index (χ4v) is 3.13. The summed E-state index contributed by atoms with van der Waals surface area (Å²) in [6, 6.07) is 11.2. The van der Waals surface area contributed by atoms with Gasteiger partial charge in [0.2, 0.25) is 0 Å². The number of nitrogens with zero attached hydrogens (tertiary/aromatic N) is 1. The molecule has 0 saturated carbocycles. The summed E-state index contributed by atoms with van der Waals surface area (Å²) in [6.45, 7) is 3.45. The van der Waals surface area contributed by atoms with Gasteiger partial charge in [0.05, 0.1) is 6.61 Å². The minimum absolute atomic E-state index is 0.0429. The lowest BCUT2D eigenvalue weighted by molar-refractivity contribution is 0.0631. The first kappa shape index (κ1) is 17.3. The zero-order valence-electron chi connectivity index (χ0n) is 14.2. The Kier molecular flexibility index (Phi) is 5.22. The molecule has 5 heteroatoms. The molecule has 1 aliphatic rings. The Bertz CT molecular complexity index is 762. The molecule has 1 fully saturated rings. The van der Waals surface area contributed by atoms with Crippen LogP contribution in [0.25, 0.3) is 0 Å². The van der Waals surface area contributed by atoms with Crippen molar-refractivity contribution in [3.05, 3.63) is 59.4 Å². The second-order valence-electron chi connectivity index (χ2n) is 6.50. The molecule has 0 aliphatic carbocycles. The van der Waals surface area contributed by atoms with Crippen molar-refractivity contribution in [3.8, 4) is 11.5 Å². The second kappa shape index (κ2) is 7.55. The summed E-state index contributed by atoms with van der Waals surface area (Å²) in [7, 11) is 0. The van der Waals surface area contributed by atoms with Crippen molar-refractivity contribution in [2.24, 2.45) is 5.92 Å². The number of hydrogen-bond donors (Lipinski definition) is 1. The molecule has 1 atom stereocenters. The normalized spacial score (nSPS) is 17.4. The number of phenolic OH excluding ortho intramolecular Hbond substituents is 1. The lowest BCUT2D eigenvalue weighted by atomic mass is 9.98. The van der Waals surface area contributed by atoms with Gasteiger partial charge in [0.15, 0.2) is 11.6 Å². The van der Waals surface area contributed by atoms with Gasteiger partial charge in [-0.15, -0.1) is 0 Å². The number of rotatable bonds is 4. The maximum absolute atomic E-state index is 13.6. The fraction of sp³-hybridized carbons (Fsp3) is 0.350. The minimum Gasteiger partial charge on any atom is -0.508 e. The van der Waals surface area contributed by atoms with Gasteiger partial charge >= 0.3 is 0 Å². The highest BCUT2D eigenvalue weighted by molar-refractivity contribution is 5.94. The minimum atomic E-state index is -0.370. The van der Waals surface area contributed by atoms with Gasteiger partial charge in [0.1, 0.15) is 5.75 Å². The number of benzene rings is 2. The summed E-state index contributed by atoms with van der Waals surface area (Å²) < 4.78 is 19.2. The molecule has 1 amide bonds. The predicted octanol–water partition coefficient (Wildman–Crippen LogP) is 3.77. The van der Waals surface area contributed by atoms with E-state index in [0.29, 0.717) is 30.8 Å². The van der Waals surface area contributed by atoms with E-state index >= 15 is 0 Å². The van der Waals surface area contributed by atoms with Crippen molar-refractivity contribution >= 4 is 5.91 Å². The highest BCUT2D eigenvalue weighted by atomic mass is 19.1. The first-order valence-corrected chi connectivity index (χ1v) is 8.51. The van der Waals surface area contributed by atoms with Gasteiger partial charge in [-0.2, -0.15) is 0 Å². The molecular weight excluding hydrogens is 321 g/mol. The zero-order chi connectivity index (χ0) is 17.8. The lowest BCUT2D eigenvalue weighted by Gasteiger charge is -2.32. The van der Waals surface area contributed by atoms with E-state index in [0.717, 1.165) is 12.8 Å². The van der Waals surface area contributed by atoms with Crippen molar-refractivity contribution in [3.63, 3.8) is 0 Å². The molecule has 132 valence electrons. The van der Waals surface area contributed by atoms with Crippen LogP contribution in [0.15, 0.2) is 42.5 Å². The summed E-state index contributed by atoms with van der Waals surface area (Å²) in [5, 5.41) is 9.61. The maximum Gasteiger partial charge on any atom is 0.253 e. The standard InChI is InChI=1S/C20H22FNO3/c1-14-11-16(8-9-18(14)23)20(24)22-10-4-5-15(12-22)13-25-19-7-3-2-6-17(19)21/h2-3,6-9,11,15,23H,4-5,10,12-13H2,1H3. The first-order chi connectivity index (χ1) is 12.0. The third-order valence-electron chi connectivity index (χ3n) is 4.56. The molecule has 1 unspecified atom stereocenters. The fourth-order valence-electron chi connectivity index (χ4n) is 3.13. The van der Waals surface area contributed by atoms with Crippen LogP contribution in [-0.2, 0) is 0 Å². The quantitative estimate of drug-likeness (QED) is 0.919. The van der Waals surface area contributed by atoms with Crippen molar-refractivity contribution in [1.82, 2.24) is 4.90 Å². The van der Waals surface area contributed by atoms with Gasteiger partial charge in [-0.1, -0.05) is 12.1 Å². The predicted molar refractivity (Wildman–Crippen MR) is 93.4 cm³/mol. The average molecular weight is 343 g/mol. The number of carbonyl (C=O) groups excluding carboxylic acids is 1. The first-order valence-electron chi connectivity index (χ1n) is 8.51. The number of hydrogen-bond acceptors (Lipinski definition) is 3. The Morgan fingerprint density at radius 2 is 2.12 bits per heavy atom. The Morgan fingerprint density at radius 3 is 2.88 bits per heavy atom. The van der Waals surface area contributed by atoms with Gasteiger partial charge in [-0.25, -0.2) is 4.39 Å². The van der Waals surface area contributed by atoms with Gasteiger partial charge in [-0.3, -0.25) is 4.79 Å². The van der Waals surface area contributed by atoms with E-state index in [-0.39, 0.29) is 29.1 Å². The second-order valence-corrected chi connectivity index (χ2v) is 6.50. The average Bonchev–Trinajstić information content (AvgIpc) is 2.63. The van der Waals surface area contributed by atoms with Crippen molar-refractivity contribution in [1.29, 1.82) is 0 Å². The van der Waals surface area contributed by atoms with E-state index in [1.807, 2.05) is 4.90 Å². The van der Waals surface area contributed by atoms with Crippen LogP contribution in [0.3, 0.4) is 0 Å².